The lowest BCUT2D eigenvalue weighted by Gasteiger charge is -2.15. The van der Waals surface area contributed by atoms with Gasteiger partial charge in [-0.3, -0.25) is 0 Å². The minimum absolute atomic E-state index is 0.815. The predicted octanol–water partition coefficient (Wildman–Crippen LogP) is 2.64. The van der Waals surface area contributed by atoms with Gasteiger partial charge in [0, 0.05) is 38.1 Å². The molecular formula is C14H19N5. The molecule has 0 saturated carbocycles. The van der Waals surface area contributed by atoms with Gasteiger partial charge in [-0.1, -0.05) is 6.07 Å². The van der Waals surface area contributed by atoms with Gasteiger partial charge in [0.05, 0.1) is 0 Å². The molecule has 0 amide bonds. The van der Waals surface area contributed by atoms with Crippen LogP contribution in [0.25, 0.3) is 0 Å². The molecule has 2 aromatic rings. The molecule has 1 heterocycles. The third-order valence-electron chi connectivity index (χ3n) is 2.95. The highest BCUT2D eigenvalue weighted by Gasteiger charge is 2.06. The van der Waals surface area contributed by atoms with E-state index in [1.165, 1.54) is 0 Å². The minimum atomic E-state index is 0.815. The number of rotatable bonds is 4. The molecule has 1 aromatic carbocycles. The molecule has 0 spiro atoms. The van der Waals surface area contributed by atoms with Crippen LogP contribution < -0.4 is 15.5 Å². The van der Waals surface area contributed by atoms with E-state index >= 15 is 0 Å². The summed E-state index contributed by atoms with van der Waals surface area (Å²) in [4.78, 5) is 10.5. The second-order valence-corrected chi connectivity index (χ2v) is 4.52. The first-order valence-electron chi connectivity index (χ1n) is 6.15. The van der Waals surface area contributed by atoms with Gasteiger partial charge < -0.3 is 15.5 Å². The Morgan fingerprint density at radius 1 is 1.11 bits per heavy atom. The Balaban J connectivity index is 2.28. The SMILES string of the molecule is CNc1ncnc(Nc2cccc(N(C)C)c2)c1C. The number of aromatic nitrogens is 2. The van der Waals surface area contributed by atoms with Gasteiger partial charge in [0.15, 0.2) is 0 Å². The first-order chi connectivity index (χ1) is 9.11. The number of nitrogens with one attached hydrogen (secondary N) is 2. The molecule has 0 unspecified atom stereocenters. The Morgan fingerprint density at radius 3 is 2.53 bits per heavy atom. The van der Waals surface area contributed by atoms with Crippen molar-refractivity contribution in [3.63, 3.8) is 0 Å². The maximum absolute atomic E-state index is 4.28. The lowest BCUT2D eigenvalue weighted by molar-refractivity contribution is 1.12. The molecule has 2 rings (SSSR count). The van der Waals surface area contributed by atoms with Crippen LogP contribution in [0.4, 0.5) is 23.0 Å². The van der Waals surface area contributed by atoms with Crippen LogP contribution in [-0.4, -0.2) is 31.1 Å². The summed E-state index contributed by atoms with van der Waals surface area (Å²) in [5, 5.41) is 6.38. The smallest absolute Gasteiger partial charge is 0.138 e. The van der Waals surface area contributed by atoms with E-state index in [0.717, 1.165) is 28.6 Å². The minimum Gasteiger partial charge on any atom is -0.378 e. The monoisotopic (exact) mass is 257 g/mol. The Labute approximate surface area is 113 Å². The number of benzene rings is 1. The van der Waals surface area contributed by atoms with Crippen molar-refractivity contribution in [3.8, 4) is 0 Å². The first kappa shape index (κ1) is 13.1. The predicted molar refractivity (Wildman–Crippen MR) is 80.4 cm³/mol. The van der Waals surface area contributed by atoms with E-state index in [1.54, 1.807) is 6.33 Å². The number of nitrogens with zero attached hydrogens (tertiary/aromatic N) is 3. The van der Waals surface area contributed by atoms with Crippen LogP contribution in [0.1, 0.15) is 5.56 Å². The van der Waals surface area contributed by atoms with Gasteiger partial charge in [0.2, 0.25) is 0 Å². The molecule has 0 bridgehead atoms. The standard InChI is InChI=1S/C14H19N5/c1-10-13(15-2)16-9-17-14(10)18-11-6-5-7-12(8-11)19(3)4/h5-9H,1-4H3,(H2,15,16,17,18). The number of hydrogen-bond donors (Lipinski definition) is 2. The molecule has 1 aromatic heterocycles. The van der Waals surface area contributed by atoms with Crippen molar-refractivity contribution in [3.05, 3.63) is 36.2 Å². The third-order valence-corrected chi connectivity index (χ3v) is 2.95. The molecular weight excluding hydrogens is 238 g/mol. The van der Waals surface area contributed by atoms with E-state index in [0.29, 0.717) is 0 Å². The largest absolute Gasteiger partial charge is 0.378 e. The van der Waals surface area contributed by atoms with Crippen molar-refractivity contribution in [1.29, 1.82) is 0 Å². The Morgan fingerprint density at radius 2 is 1.84 bits per heavy atom. The van der Waals surface area contributed by atoms with Crippen LogP contribution in [0.2, 0.25) is 0 Å². The van der Waals surface area contributed by atoms with Crippen LogP contribution >= 0.6 is 0 Å². The lowest BCUT2D eigenvalue weighted by Crippen LogP contribution is -2.09. The van der Waals surface area contributed by atoms with Crippen LogP contribution in [0, 0.1) is 6.92 Å². The van der Waals surface area contributed by atoms with Crippen molar-refractivity contribution in [2.24, 2.45) is 0 Å². The highest BCUT2D eigenvalue weighted by atomic mass is 15.1. The normalized spacial score (nSPS) is 10.1. The summed E-state index contributed by atoms with van der Waals surface area (Å²) < 4.78 is 0. The fourth-order valence-electron chi connectivity index (χ4n) is 1.83. The van der Waals surface area contributed by atoms with Crippen molar-refractivity contribution >= 4 is 23.0 Å². The summed E-state index contributed by atoms with van der Waals surface area (Å²) in [6, 6.07) is 8.19. The van der Waals surface area contributed by atoms with E-state index in [4.69, 9.17) is 0 Å². The molecule has 0 fully saturated rings. The molecule has 0 aliphatic heterocycles. The van der Waals surface area contributed by atoms with E-state index < -0.39 is 0 Å². The summed E-state index contributed by atoms with van der Waals surface area (Å²) in [6.45, 7) is 1.99. The molecule has 0 aliphatic carbocycles. The summed E-state index contributed by atoms with van der Waals surface area (Å²) in [5.74, 6) is 1.65. The van der Waals surface area contributed by atoms with Crippen LogP contribution in [0.3, 0.4) is 0 Å². The zero-order valence-corrected chi connectivity index (χ0v) is 11.7. The van der Waals surface area contributed by atoms with E-state index in [2.05, 4.69) is 37.6 Å². The third kappa shape index (κ3) is 2.93. The molecule has 0 atom stereocenters. The Kier molecular flexibility index (Phi) is 3.85. The average molecular weight is 257 g/mol. The maximum Gasteiger partial charge on any atom is 0.138 e. The van der Waals surface area contributed by atoms with Crippen molar-refractivity contribution in [1.82, 2.24) is 9.97 Å². The van der Waals surface area contributed by atoms with Gasteiger partial charge in [-0.15, -0.1) is 0 Å². The van der Waals surface area contributed by atoms with Crippen molar-refractivity contribution in [2.45, 2.75) is 6.92 Å². The topological polar surface area (TPSA) is 53.1 Å². The van der Waals surface area contributed by atoms with Gasteiger partial charge in [0.1, 0.15) is 18.0 Å². The summed E-state index contributed by atoms with van der Waals surface area (Å²) in [5.41, 5.74) is 3.15. The van der Waals surface area contributed by atoms with E-state index in [-0.39, 0.29) is 0 Å². The van der Waals surface area contributed by atoms with Crippen LogP contribution in [0.5, 0.6) is 0 Å². The zero-order chi connectivity index (χ0) is 13.8. The van der Waals surface area contributed by atoms with Gasteiger partial charge in [-0.2, -0.15) is 0 Å². The summed E-state index contributed by atoms with van der Waals surface area (Å²) in [6.07, 6.45) is 1.55. The average Bonchev–Trinajstić information content (AvgIpc) is 2.41. The van der Waals surface area contributed by atoms with Crippen LogP contribution in [-0.2, 0) is 0 Å². The van der Waals surface area contributed by atoms with Gasteiger partial charge in [-0.25, -0.2) is 9.97 Å². The van der Waals surface area contributed by atoms with Gasteiger partial charge in [-0.05, 0) is 25.1 Å². The second-order valence-electron chi connectivity index (χ2n) is 4.52. The second kappa shape index (κ2) is 5.56. The Bertz CT molecular complexity index is 566. The van der Waals surface area contributed by atoms with Crippen molar-refractivity contribution in [2.75, 3.05) is 36.7 Å². The fraction of sp³-hybridized carbons (Fsp3) is 0.286. The fourth-order valence-corrected chi connectivity index (χ4v) is 1.83. The summed E-state index contributed by atoms with van der Waals surface area (Å²) >= 11 is 0. The highest BCUT2D eigenvalue weighted by Crippen LogP contribution is 2.24. The first-order valence-corrected chi connectivity index (χ1v) is 6.15. The highest BCUT2D eigenvalue weighted by molar-refractivity contribution is 5.67. The Hall–Kier alpha value is -2.30. The van der Waals surface area contributed by atoms with Crippen LogP contribution in [0.15, 0.2) is 30.6 Å². The zero-order valence-electron chi connectivity index (χ0n) is 11.7. The molecule has 100 valence electrons. The molecule has 5 heteroatoms. The maximum atomic E-state index is 4.28. The van der Waals surface area contributed by atoms with E-state index in [1.807, 2.05) is 40.2 Å². The van der Waals surface area contributed by atoms with Crippen molar-refractivity contribution < 1.29 is 0 Å². The van der Waals surface area contributed by atoms with Gasteiger partial charge in [0.25, 0.3) is 0 Å². The molecule has 0 radical (unpaired) electrons. The molecule has 0 saturated heterocycles. The molecule has 19 heavy (non-hydrogen) atoms. The summed E-state index contributed by atoms with van der Waals surface area (Å²) in [7, 11) is 5.90. The van der Waals surface area contributed by atoms with E-state index in [9.17, 15) is 0 Å². The quantitative estimate of drug-likeness (QED) is 0.882. The lowest BCUT2D eigenvalue weighted by atomic mass is 10.2. The molecule has 0 aliphatic rings. The number of anilines is 4. The molecule has 2 N–H and O–H groups in total. The molecule has 5 nitrogen and oxygen atoms in total. The number of hydrogen-bond acceptors (Lipinski definition) is 5. The van der Waals surface area contributed by atoms with Gasteiger partial charge >= 0.3 is 0 Å².